The molecule has 0 fully saturated rings. The third kappa shape index (κ3) is 11.4. The summed E-state index contributed by atoms with van der Waals surface area (Å²) >= 11 is 9.37. The Bertz CT molecular complexity index is 48.5. The minimum Gasteiger partial charge on any atom is -0.183 e. The van der Waals surface area contributed by atoms with E-state index in [4.69, 9.17) is 11.6 Å². The quantitative estimate of drug-likeness (QED) is 0.497. The highest BCUT2D eigenvalue weighted by Gasteiger charge is 1.97. The molecule has 64 valence electrons. The molecule has 2 heteroatoms. The largest absolute Gasteiger partial charge is 0.183 e. The Kier molecular flexibility index (Phi) is 16.3. The molecule has 0 radical (unpaired) electrons. The number of unbranched alkanes of at least 4 members (excludes halogenated alkanes) is 1. The third-order valence-electron chi connectivity index (χ3n) is 1.31. The van der Waals surface area contributed by atoms with E-state index in [0.717, 1.165) is 6.42 Å². The van der Waals surface area contributed by atoms with Gasteiger partial charge in [0.05, 0.1) is 0 Å². The van der Waals surface area contributed by atoms with Crippen molar-refractivity contribution >= 4 is 24.2 Å². The first kappa shape index (κ1) is 13.2. The molecule has 0 rings (SSSR count). The van der Waals surface area contributed by atoms with Crippen LogP contribution in [0.3, 0.4) is 0 Å². The first-order valence-electron chi connectivity index (χ1n) is 3.90. The fraction of sp³-hybridized carbons (Fsp3) is 1.00. The predicted molar refractivity (Wildman–Crippen MR) is 54.4 cm³/mol. The SMILES string of the molecule is CCCCC(Cl)CC.CS. The third-order valence-corrected chi connectivity index (χ3v) is 1.84. The Morgan fingerprint density at radius 1 is 1.30 bits per heavy atom. The average Bonchev–Trinajstić information content (AvgIpc) is 2.04. The van der Waals surface area contributed by atoms with E-state index < -0.39 is 0 Å². The summed E-state index contributed by atoms with van der Waals surface area (Å²) in [6.45, 7) is 4.33. The van der Waals surface area contributed by atoms with Gasteiger partial charge in [0.15, 0.2) is 0 Å². The van der Waals surface area contributed by atoms with Crippen molar-refractivity contribution in [2.75, 3.05) is 6.26 Å². The van der Waals surface area contributed by atoms with Crippen LogP contribution < -0.4 is 0 Å². The van der Waals surface area contributed by atoms with Crippen molar-refractivity contribution in [1.29, 1.82) is 0 Å². The molecule has 0 heterocycles. The molecule has 1 unspecified atom stereocenters. The highest BCUT2D eigenvalue weighted by atomic mass is 35.5. The van der Waals surface area contributed by atoms with Crippen molar-refractivity contribution in [2.24, 2.45) is 0 Å². The zero-order valence-corrected chi connectivity index (χ0v) is 8.88. The molecule has 0 saturated heterocycles. The van der Waals surface area contributed by atoms with E-state index in [0.29, 0.717) is 5.38 Å². The summed E-state index contributed by atoms with van der Waals surface area (Å²) in [4.78, 5) is 0. The Morgan fingerprint density at radius 3 is 2.10 bits per heavy atom. The molecule has 0 N–H and O–H groups in total. The van der Waals surface area contributed by atoms with E-state index in [-0.39, 0.29) is 0 Å². The molecule has 0 spiro atoms. The van der Waals surface area contributed by atoms with E-state index in [1.165, 1.54) is 19.3 Å². The fourth-order valence-electron chi connectivity index (χ4n) is 0.630. The Morgan fingerprint density at radius 2 is 1.80 bits per heavy atom. The van der Waals surface area contributed by atoms with Crippen LogP contribution >= 0.6 is 24.2 Å². The standard InChI is InChI=1S/C7H15Cl.CH4S/c1-3-5-6-7(8)4-2;1-2/h7H,3-6H2,1-2H3;2H,1H3. The number of hydrogen-bond acceptors (Lipinski definition) is 1. The molecule has 0 bridgehead atoms. The fourth-order valence-corrected chi connectivity index (χ4v) is 0.784. The van der Waals surface area contributed by atoms with Gasteiger partial charge in [-0.05, 0) is 19.1 Å². The van der Waals surface area contributed by atoms with Gasteiger partial charge in [0, 0.05) is 5.38 Å². The minimum absolute atomic E-state index is 0.426. The number of thiol groups is 1. The molecule has 10 heavy (non-hydrogen) atoms. The van der Waals surface area contributed by atoms with Gasteiger partial charge in [0.2, 0.25) is 0 Å². The van der Waals surface area contributed by atoms with Crippen LogP contribution in [0.25, 0.3) is 0 Å². The monoisotopic (exact) mass is 182 g/mol. The highest BCUT2D eigenvalue weighted by molar-refractivity contribution is 7.79. The van der Waals surface area contributed by atoms with Crippen molar-refractivity contribution in [1.82, 2.24) is 0 Å². The molecule has 0 amide bonds. The summed E-state index contributed by atoms with van der Waals surface area (Å²) in [5.41, 5.74) is 0. The first-order chi connectivity index (χ1) is 4.81. The van der Waals surface area contributed by atoms with E-state index in [9.17, 15) is 0 Å². The number of rotatable bonds is 4. The van der Waals surface area contributed by atoms with Gasteiger partial charge in [0.25, 0.3) is 0 Å². The zero-order valence-electron chi connectivity index (χ0n) is 7.23. The maximum Gasteiger partial charge on any atom is 0.0333 e. The predicted octanol–water partition coefficient (Wildman–Crippen LogP) is 3.74. The van der Waals surface area contributed by atoms with Crippen LogP contribution in [0.15, 0.2) is 0 Å². The molecule has 0 aromatic heterocycles. The molecule has 0 aliphatic rings. The molecule has 0 aromatic carbocycles. The Balaban J connectivity index is 0. The summed E-state index contributed by atoms with van der Waals surface area (Å²) in [7, 11) is 0. The van der Waals surface area contributed by atoms with Gasteiger partial charge in [0.1, 0.15) is 0 Å². The maximum absolute atomic E-state index is 5.84. The van der Waals surface area contributed by atoms with Crippen LogP contribution in [0, 0.1) is 0 Å². The van der Waals surface area contributed by atoms with Crippen LogP contribution in [-0.4, -0.2) is 11.6 Å². The summed E-state index contributed by atoms with van der Waals surface area (Å²) < 4.78 is 0. The lowest BCUT2D eigenvalue weighted by atomic mass is 10.2. The van der Waals surface area contributed by atoms with Crippen molar-refractivity contribution in [3.05, 3.63) is 0 Å². The second-order valence-electron chi connectivity index (χ2n) is 2.15. The van der Waals surface area contributed by atoms with Gasteiger partial charge in [-0.15, -0.1) is 11.6 Å². The Hall–Kier alpha value is 0.640. The molecule has 0 nitrogen and oxygen atoms in total. The minimum atomic E-state index is 0.426. The van der Waals surface area contributed by atoms with Crippen molar-refractivity contribution in [3.63, 3.8) is 0 Å². The second-order valence-corrected chi connectivity index (χ2v) is 2.76. The molecule has 1 atom stereocenters. The molecule has 0 aliphatic heterocycles. The number of halogens is 1. The normalized spacial score (nSPS) is 11.7. The van der Waals surface area contributed by atoms with Gasteiger partial charge < -0.3 is 0 Å². The van der Waals surface area contributed by atoms with E-state index in [2.05, 4.69) is 26.5 Å². The average molecular weight is 183 g/mol. The molecular formula is C8H19ClS. The van der Waals surface area contributed by atoms with Gasteiger partial charge in [-0.25, -0.2) is 0 Å². The zero-order chi connectivity index (χ0) is 8.41. The van der Waals surface area contributed by atoms with Crippen LogP contribution in [0.2, 0.25) is 0 Å². The lowest BCUT2D eigenvalue weighted by Crippen LogP contribution is -1.93. The van der Waals surface area contributed by atoms with Gasteiger partial charge in [-0.3, -0.25) is 0 Å². The summed E-state index contributed by atoms with van der Waals surface area (Å²) in [6, 6.07) is 0. The summed E-state index contributed by atoms with van der Waals surface area (Å²) in [6.07, 6.45) is 6.54. The van der Waals surface area contributed by atoms with Crippen LogP contribution in [0.4, 0.5) is 0 Å². The molecule has 0 aromatic rings. The van der Waals surface area contributed by atoms with E-state index in [1.807, 2.05) is 0 Å². The molecule has 0 saturated carbocycles. The first-order valence-corrected chi connectivity index (χ1v) is 5.23. The topological polar surface area (TPSA) is 0 Å². The van der Waals surface area contributed by atoms with Gasteiger partial charge >= 0.3 is 0 Å². The Labute approximate surface area is 75.8 Å². The van der Waals surface area contributed by atoms with Crippen molar-refractivity contribution in [3.8, 4) is 0 Å². The van der Waals surface area contributed by atoms with Crippen molar-refractivity contribution in [2.45, 2.75) is 44.9 Å². The van der Waals surface area contributed by atoms with Crippen LogP contribution in [0.5, 0.6) is 0 Å². The summed E-state index contributed by atoms with van der Waals surface area (Å²) in [5, 5.41) is 0.426. The lowest BCUT2D eigenvalue weighted by Gasteiger charge is -2.01. The number of alkyl halides is 1. The van der Waals surface area contributed by atoms with Crippen LogP contribution in [-0.2, 0) is 0 Å². The van der Waals surface area contributed by atoms with Gasteiger partial charge in [-0.1, -0.05) is 26.7 Å². The smallest absolute Gasteiger partial charge is 0.0333 e. The van der Waals surface area contributed by atoms with Crippen LogP contribution in [0.1, 0.15) is 39.5 Å². The second kappa shape index (κ2) is 12.3. The van der Waals surface area contributed by atoms with E-state index >= 15 is 0 Å². The lowest BCUT2D eigenvalue weighted by molar-refractivity contribution is 0.664. The van der Waals surface area contributed by atoms with Crippen molar-refractivity contribution < 1.29 is 0 Å². The number of hydrogen-bond donors (Lipinski definition) is 1. The molecule has 0 aliphatic carbocycles. The maximum atomic E-state index is 5.84. The molecular weight excluding hydrogens is 164 g/mol. The highest BCUT2D eigenvalue weighted by Crippen LogP contribution is 2.09. The van der Waals surface area contributed by atoms with E-state index in [1.54, 1.807) is 6.26 Å². The summed E-state index contributed by atoms with van der Waals surface area (Å²) in [5.74, 6) is 0. The van der Waals surface area contributed by atoms with Gasteiger partial charge in [-0.2, -0.15) is 12.6 Å².